The summed E-state index contributed by atoms with van der Waals surface area (Å²) in [6.07, 6.45) is 17.5. The number of carboxylic acids is 3. The molecule has 1 rings (SSSR count). The highest BCUT2D eigenvalue weighted by Gasteiger charge is 1.95. The van der Waals surface area contributed by atoms with Crippen molar-refractivity contribution in [2.75, 3.05) is 0 Å². The Kier molecular flexibility index (Phi) is 26.3. The van der Waals surface area contributed by atoms with E-state index in [0.717, 1.165) is 18.2 Å². The first-order chi connectivity index (χ1) is 11.8. The number of carboxylic acid groups (broad SMARTS) is 3. The molecular formula is C19H32O6. The summed E-state index contributed by atoms with van der Waals surface area (Å²) in [4.78, 5) is 27.8. The summed E-state index contributed by atoms with van der Waals surface area (Å²) in [5, 5.41) is 22.8. The van der Waals surface area contributed by atoms with Gasteiger partial charge < -0.3 is 15.3 Å². The molecule has 0 aromatic heterocycles. The molecule has 1 saturated carbocycles. The molecule has 0 amide bonds. The second kappa shape index (κ2) is 23.9. The van der Waals surface area contributed by atoms with Crippen molar-refractivity contribution in [3.63, 3.8) is 0 Å². The predicted molar refractivity (Wildman–Crippen MR) is 99.7 cm³/mol. The van der Waals surface area contributed by atoms with Gasteiger partial charge in [0.25, 0.3) is 0 Å². The third-order valence-electron chi connectivity index (χ3n) is 3.02. The van der Waals surface area contributed by atoms with Crippen LogP contribution >= 0.6 is 0 Å². The fraction of sp³-hybridized carbons (Fsp3) is 0.526. The van der Waals surface area contributed by atoms with Crippen molar-refractivity contribution in [2.45, 2.75) is 64.2 Å². The van der Waals surface area contributed by atoms with Crippen molar-refractivity contribution < 1.29 is 29.7 Å². The van der Waals surface area contributed by atoms with E-state index in [1.807, 2.05) is 0 Å². The molecule has 0 heterocycles. The highest BCUT2D eigenvalue weighted by atomic mass is 16.4. The molecule has 0 bridgehead atoms. The van der Waals surface area contributed by atoms with Crippen LogP contribution in [0.4, 0.5) is 0 Å². The molecule has 0 saturated heterocycles. The second-order valence-corrected chi connectivity index (χ2v) is 5.16. The van der Waals surface area contributed by atoms with E-state index >= 15 is 0 Å². The van der Waals surface area contributed by atoms with Crippen LogP contribution in [0.2, 0.25) is 0 Å². The normalized spacial score (nSPS) is 13.4. The lowest BCUT2D eigenvalue weighted by molar-refractivity contribution is -0.132. The Morgan fingerprint density at radius 3 is 0.600 bits per heavy atom. The summed E-state index contributed by atoms with van der Waals surface area (Å²) < 4.78 is 0. The Hall–Kier alpha value is -2.37. The van der Waals surface area contributed by atoms with Crippen molar-refractivity contribution >= 4 is 17.9 Å². The molecule has 1 aliphatic carbocycles. The van der Waals surface area contributed by atoms with E-state index in [1.165, 1.54) is 64.2 Å². The molecule has 0 unspecified atom stereocenters. The maximum atomic E-state index is 9.25. The molecule has 6 nitrogen and oxygen atoms in total. The first kappa shape index (κ1) is 27.5. The molecule has 25 heavy (non-hydrogen) atoms. The molecule has 0 aromatic rings. The van der Waals surface area contributed by atoms with Crippen LogP contribution in [0.5, 0.6) is 0 Å². The van der Waals surface area contributed by atoms with E-state index in [2.05, 4.69) is 19.7 Å². The highest BCUT2D eigenvalue weighted by Crippen LogP contribution is 2.15. The second-order valence-electron chi connectivity index (χ2n) is 5.16. The Morgan fingerprint density at radius 1 is 0.480 bits per heavy atom. The van der Waals surface area contributed by atoms with Gasteiger partial charge in [-0.25, -0.2) is 14.4 Å². The van der Waals surface area contributed by atoms with Gasteiger partial charge in [-0.1, -0.05) is 83.9 Å². The molecule has 0 spiro atoms. The number of rotatable bonds is 3. The largest absolute Gasteiger partial charge is 0.478 e. The number of hydrogen-bond acceptors (Lipinski definition) is 3. The fourth-order valence-electron chi connectivity index (χ4n) is 1.77. The summed E-state index contributed by atoms with van der Waals surface area (Å²) in [6.45, 7) is 8.88. The van der Waals surface area contributed by atoms with E-state index in [4.69, 9.17) is 15.3 Å². The number of hydrogen-bond donors (Lipinski definition) is 3. The van der Waals surface area contributed by atoms with E-state index in [9.17, 15) is 14.4 Å². The average molecular weight is 356 g/mol. The van der Waals surface area contributed by atoms with Crippen LogP contribution in [0.1, 0.15) is 64.2 Å². The first-order valence-electron chi connectivity index (χ1n) is 8.37. The van der Waals surface area contributed by atoms with Crippen LogP contribution < -0.4 is 0 Å². The SMILES string of the molecule is C1CCCCCCCCC1.C=CC(=O)O.C=CC(=O)O.C=CC(=O)O. The van der Waals surface area contributed by atoms with Gasteiger partial charge in [0.1, 0.15) is 0 Å². The van der Waals surface area contributed by atoms with E-state index in [1.54, 1.807) is 0 Å². The van der Waals surface area contributed by atoms with Gasteiger partial charge in [0.05, 0.1) is 0 Å². The predicted octanol–water partition coefficient (Wildman–Crippen LogP) is 4.67. The Bertz CT molecular complexity index is 311. The minimum Gasteiger partial charge on any atom is -0.478 e. The maximum Gasteiger partial charge on any atom is 0.327 e. The zero-order chi connectivity index (χ0) is 19.9. The van der Waals surface area contributed by atoms with Gasteiger partial charge in [0.15, 0.2) is 0 Å². The molecule has 0 aromatic carbocycles. The van der Waals surface area contributed by atoms with Crippen LogP contribution in [-0.4, -0.2) is 33.2 Å². The van der Waals surface area contributed by atoms with Crippen molar-refractivity contribution in [2.24, 2.45) is 0 Å². The molecule has 6 heteroatoms. The van der Waals surface area contributed by atoms with Gasteiger partial charge in [0, 0.05) is 18.2 Å². The molecule has 3 N–H and O–H groups in total. The summed E-state index contributed by atoms with van der Waals surface area (Å²) in [6, 6.07) is 0. The Balaban J connectivity index is -0.000000279. The highest BCUT2D eigenvalue weighted by molar-refractivity contribution is 5.79. The number of aliphatic carboxylic acids is 3. The lowest BCUT2D eigenvalue weighted by Crippen LogP contribution is -1.85. The minimum atomic E-state index is -0.981. The molecule has 144 valence electrons. The van der Waals surface area contributed by atoms with Gasteiger partial charge in [-0.05, 0) is 0 Å². The van der Waals surface area contributed by atoms with Crippen LogP contribution in [0.25, 0.3) is 0 Å². The average Bonchev–Trinajstić information content (AvgIpc) is 2.61. The monoisotopic (exact) mass is 356 g/mol. The van der Waals surface area contributed by atoms with E-state index < -0.39 is 17.9 Å². The van der Waals surface area contributed by atoms with Gasteiger partial charge in [-0.15, -0.1) is 0 Å². The van der Waals surface area contributed by atoms with Crippen LogP contribution in [0, 0.1) is 0 Å². The van der Waals surface area contributed by atoms with Gasteiger partial charge >= 0.3 is 17.9 Å². The fourth-order valence-corrected chi connectivity index (χ4v) is 1.77. The zero-order valence-corrected chi connectivity index (χ0v) is 15.0. The third-order valence-corrected chi connectivity index (χ3v) is 3.02. The van der Waals surface area contributed by atoms with E-state index in [0.29, 0.717) is 0 Å². The van der Waals surface area contributed by atoms with E-state index in [-0.39, 0.29) is 0 Å². The van der Waals surface area contributed by atoms with Crippen LogP contribution in [-0.2, 0) is 14.4 Å². The molecule has 0 radical (unpaired) electrons. The smallest absolute Gasteiger partial charge is 0.327 e. The van der Waals surface area contributed by atoms with Gasteiger partial charge in [-0.3, -0.25) is 0 Å². The van der Waals surface area contributed by atoms with Crippen molar-refractivity contribution in [1.82, 2.24) is 0 Å². The molecular weight excluding hydrogens is 324 g/mol. The molecule has 1 aliphatic rings. The van der Waals surface area contributed by atoms with Crippen molar-refractivity contribution in [3.8, 4) is 0 Å². The summed E-state index contributed by atoms with van der Waals surface area (Å²) in [5.74, 6) is -2.94. The topological polar surface area (TPSA) is 112 Å². The standard InChI is InChI=1S/C10H20.3C3H4O2/c1-2-4-6-8-10-9-7-5-3-1;3*1-2-3(4)5/h1-10H2;3*2H,1H2,(H,4,5). The Labute approximate surface area is 150 Å². The Morgan fingerprint density at radius 2 is 0.560 bits per heavy atom. The lowest BCUT2D eigenvalue weighted by Gasteiger charge is -2.05. The van der Waals surface area contributed by atoms with Gasteiger partial charge in [0.2, 0.25) is 0 Å². The quantitative estimate of drug-likeness (QED) is 0.633. The zero-order valence-electron chi connectivity index (χ0n) is 15.0. The van der Waals surface area contributed by atoms with Gasteiger partial charge in [-0.2, -0.15) is 0 Å². The molecule has 0 aliphatic heterocycles. The van der Waals surface area contributed by atoms with Crippen LogP contribution in [0.3, 0.4) is 0 Å². The summed E-state index contributed by atoms with van der Waals surface area (Å²) in [5.41, 5.74) is 0. The van der Waals surface area contributed by atoms with Crippen LogP contribution in [0.15, 0.2) is 38.0 Å². The minimum absolute atomic E-state index is 0.833. The van der Waals surface area contributed by atoms with Crippen molar-refractivity contribution in [3.05, 3.63) is 38.0 Å². The maximum absolute atomic E-state index is 9.25. The summed E-state index contributed by atoms with van der Waals surface area (Å²) >= 11 is 0. The summed E-state index contributed by atoms with van der Waals surface area (Å²) in [7, 11) is 0. The first-order valence-corrected chi connectivity index (χ1v) is 8.37. The lowest BCUT2D eigenvalue weighted by atomic mass is 10.0. The third kappa shape index (κ3) is 44.9. The van der Waals surface area contributed by atoms with Crippen molar-refractivity contribution in [1.29, 1.82) is 0 Å². The molecule has 0 atom stereocenters. The molecule has 1 fully saturated rings. The number of carbonyl (C=O) groups is 3.